The third-order valence-electron chi connectivity index (χ3n) is 4.18. The van der Waals surface area contributed by atoms with E-state index in [-0.39, 0.29) is 5.97 Å². The number of benzene rings is 3. The average Bonchev–Trinajstić information content (AvgIpc) is 2.85. The van der Waals surface area contributed by atoms with E-state index in [2.05, 4.69) is 79.9 Å². The lowest BCUT2D eigenvalue weighted by Crippen LogP contribution is -2.14. The average molecular weight is 951 g/mol. The van der Waals surface area contributed by atoms with E-state index in [1.54, 1.807) is 18.2 Å². The molecule has 6 nitrogen and oxygen atoms in total. The molecule has 0 aliphatic carbocycles. The first-order chi connectivity index (χ1) is 17.6. The van der Waals surface area contributed by atoms with Gasteiger partial charge in [-0.05, 0) is 99.8 Å². The number of ether oxygens (including phenoxy) is 2. The zero-order valence-electron chi connectivity index (χ0n) is 19.2. The Bertz CT molecular complexity index is 1320. The highest BCUT2D eigenvalue weighted by atomic mass is 127. The number of esters is 2. The topological polar surface area (TPSA) is 89.9 Å². The summed E-state index contributed by atoms with van der Waals surface area (Å²) in [7, 11) is 2.41. The molecule has 14 heteroatoms. The van der Waals surface area contributed by atoms with Gasteiger partial charge in [0.1, 0.15) is 0 Å². The van der Waals surface area contributed by atoms with Gasteiger partial charge in [0.05, 0.1) is 36.5 Å². The zero-order chi connectivity index (χ0) is 29.2. The van der Waals surface area contributed by atoms with Gasteiger partial charge in [-0.2, -0.15) is 13.2 Å². The van der Waals surface area contributed by atoms with Crippen molar-refractivity contribution in [3.63, 3.8) is 0 Å². The number of hydrogen-bond donors (Lipinski definition) is 1. The maximum atomic E-state index is 12.5. The summed E-state index contributed by atoms with van der Waals surface area (Å²) in [4.78, 5) is 32.8. The van der Waals surface area contributed by atoms with E-state index in [1.807, 2.05) is 40.8 Å². The van der Waals surface area contributed by atoms with Crippen molar-refractivity contribution >= 4 is 111 Å². The van der Waals surface area contributed by atoms with Crippen LogP contribution >= 0.6 is 93.0 Å². The Balaban J connectivity index is 0.000000289. The number of aromatic carboxylic acids is 1. The van der Waals surface area contributed by atoms with Gasteiger partial charge in [0, 0.05) is 20.6 Å². The van der Waals surface area contributed by atoms with Gasteiger partial charge in [-0.3, -0.25) is 0 Å². The largest absolute Gasteiger partial charge is 0.478 e. The van der Waals surface area contributed by atoms with Crippen molar-refractivity contribution in [1.29, 1.82) is 0 Å². The number of carbonyl (C=O) groups excluding carboxylic acids is 2. The van der Waals surface area contributed by atoms with Crippen molar-refractivity contribution in [2.75, 3.05) is 14.2 Å². The van der Waals surface area contributed by atoms with Crippen LogP contribution in [0.4, 0.5) is 13.2 Å². The first-order valence-corrected chi connectivity index (χ1v) is 14.3. The number of carbonyl (C=O) groups is 3. The minimum absolute atomic E-state index is 0.305. The van der Waals surface area contributed by atoms with E-state index in [9.17, 15) is 27.6 Å². The Kier molecular flexibility index (Phi) is 14.8. The van der Waals surface area contributed by atoms with Gasteiger partial charge >= 0.3 is 24.1 Å². The number of carboxylic acid groups (broad SMARTS) is 1. The van der Waals surface area contributed by atoms with Crippen molar-refractivity contribution < 1.29 is 42.1 Å². The van der Waals surface area contributed by atoms with Crippen molar-refractivity contribution in [1.82, 2.24) is 0 Å². The lowest BCUT2D eigenvalue weighted by Gasteiger charge is -2.11. The molecule has 3 aromatic rings. The number of hydrogen-bond acceptors (Lipinski definition) is 5. The second kappa shape index (κ2) is 16.1. The number of carboxylic acids is 1. The highest BCUT2D eigenvalue weighted by Crippen LogP contribution is 2.33. The molecule has 0 saturated carbocycles. The fourth-order valence-electron chi connectivity index (χ4n) is 2.47. The predicted octanol–water partition coefficient (Wildman–Crippen LogP) is 8.85. The van der Waals surface area contributed by atoms with Gasteiger partial charge in [0.2, 0.25) is 0 Å². The van der Waals surface area contributed by atoms with Crippen LogP contribution in [0.15, 0.2) is 68.0 Å². The summed E-state index contributed by atoms with van der Waals surface area (Å²) in [6, 6.07) is 13.8. The summed E-state index contributed by atoms with van der Waals surface area (Å²) >= 11 is 13.6. The molecule has 38 heavy (non-hydrogen) atoms. The number of alkyl halides is 3. The SMILES string of the molecule is COC(=O)c1cc(Br)ccc1C(F)(F)F.COC(=O)c1cc(Br)ccc1I.O=C(O)c1cc(Br)ccc1I. The van der Waals surface area contributed by atoms with Crippen LogP contribution in [-0.4, -0.2) is 37.2 Å². The Labute approximate surface area is 268 Å². The van der Waals surface area contributed by atoms with Gasteiger partial charge < -0.3 is 14.6 Å². The molecule has 0 unspecified atom stereocenters. The molecule has 0 spiro atoms. The maximum Gasteiger partial charge on any atom is 0.417 e. The van der Waals surface area contributed by atoms with Gasteiger partial charge in [0.15, 0.2) is 0 Å². The number of methoxy groups -OCH3 is 2. The van der Waals surface area contributed by atoms with E-state index in [4.69, 9.17) is 5.11 Å². The van der Waals surface area contributed by atoms with Crippen molar-refractivity contribution in [3.05, 3.63) is 97.4 Å². The van der Waals surface area contributed by atoms with Crippen LogP contribution in [-0.2, 0) is 15.7 Å². The van der Waals surface area contributed by atoms with Crippen LogP contribution in [0.3, 0.4) is 0 Å². The van der Waals surface area contributed by atoms with E-state index >= 15 is 0 Å². The Hall–Kier alpha value is -1.24. The quantitative estimate of drug-likeness (QED) is 0.209. The number of rotatable bonds is 3. The fraction of sp³-hybridized carbons (Fsp3) is 0.125. The molecule has 0 aromatic heterocycles. The highest BCUT2D eigenvalue weighted by Gasteiger charge is 2.35. The molecule has 3 aromatic carbocycles. The van der Waals surface area contributed by atoms with Crippen LogP contribution in [0.2, 0.25) is 0 Å². The minimum atomic E-state index is -4.57. The third-order valence-corrected chi connectivity index (χ3v) is 7.55. The molecule has 0 saturated heterocycles. The number of halogens is 8. The maximum absolute atomic E-state index is 12.5. The molecule has 0 heterocycles. The van der Waals surface area contributed by atoms with Crippen molar-refractivity contribution in [2.24, 2.45) is 0 Å². The highest BCUT2D eigenvalue weighted by molar-refractivity contribution is 14.1. The third kappa shape index (κ3) is 11.1. The Morgan fingerprint density at radius 1 is 0.711 bits per heavy atom. The van der Waals surface area contributed by atoms with Crippen LogP contribution in [0.5, 0.6) is 0 Å². The second-order valence-corrected chi connectivity index (χ2v) is 11.8. The van der Waals surface area contributed by atoms with Crippen molar-refractivity contribution in [2.45, 2.75) is 6.18 Å². The van der Waals surface area contributed by atoms with Crippen LogP contribution in [0, 0.1) is 7.14 Å². The molecule has 204 valence electrons. The van der Waals surface area contributed by atoms with Crippen molar-refractivity contribution in [3.8, 4) is 0 Å². The Morgan fingerprint density at radius 3 is 1.47 bits per heavy atom. The normalized spacial score (nSPS) is 10.3. The summed E-state index contributed by atoms with van der Waals surface area (Å²) in [6.07, 6.45) is -4.57. The smallest absolute Gasteiger partial charge is 0.417 e. The molecular formula is C24H16Br3F3I2O6. The second-order valence-electron chi connectivity index (χ2n) is 6.72. The summed E-state index contributed by atoms with van der Waals surface area (Å²) in [5.74, 6) is -2.21. The molecule has 0 aliphatic heterocycles. The summed E-state index contributed by atoms with van der Waals surface area (Å²) in [6.45, 7) is 0. The van der Waals surface area contributed by atoms with Gasteiger partial charge in [0.25, 0.3) is 0 Å². The lowest BCUT2D eigenvalue weighted by molar-refractivity contribution is -0.138. The van der Waals surface area contributed by atoms with Crippen LogP contribution in [0.25, 0.3) is 0 Å². The first-order valence-electron chi connectivity index (χ1n) is 9.79. The van der Waals surface area contributed by atoms with E-state index in [0.29, 0.717) is 15.6 Å². The van der Waals surface area contributed by atoms with E-state index in [0.717, 1.165) is 35.3 Å². The summed E-state index contributed by atoms with van der Waals surface area (Å²) in [5.41, 5.74) is -0.579. The lowest BCUT2D eigenvalue weighted by atomic mass is 10.1. The molecule has 3 rings (SSSR count). The van der Waals surface area contributed by atoms with E-state index in [1.165, 1.54) is 13.2 Å². The van der Waals surface area contributed by atoms with Crippen LogP contribution < -0.4 is 0 Å². The molecule has 0 bridgehead atoms. The van der Waals surface area contributed by atoms with Gasteiger partial charge in [-0.1, -0.05) is 47.8 Å². The standard InChI is InChI=1S/C9H6BrF3O2.C8H6BrIO2.C7H4BrIO2/c1-15-8(14)6-4-5(10)2-3-7(6)9(11,12)13;1-12-8(11)6-4-5(9)2-3-7(6)10;8-4-1-2-6(9)5(3-4)7(10)11/h2-4H,1H3;2-4H,1H3;1-3H,(H,10,11). The van der Waals surface area contributed by atoms with Crippen LogP contribution in [0.1, 0.15) is 36.6 Å². The first kappa shape index (κ1) is 34.8. The Morgan fingerprint density at radius 2 is 1.08 bits per heavy atom. The van der Waals surface area contributed by atoms with Gasteiger partial charge in [-0.25, -0.2) is 14.4 Å². The molecule has 0 radical (unpaired) electrons. The minimum Gasteiger partial charge on any atom is -0.478 e. The summed E-state index contributed by atoms with van der Waals surface area (Å²) in [5, 5.41) is 8.66. The summed E-state index contributed by atoms with van der Waals surface area (Å²) < 4.78 is 49.9. The molecule has 0 aliphatic rings. The molecular weight excluding hydrogens is 935 g/mol. The zero-order valence-corrected chi connectivity index (χ0v) is 28.3. The predicted molar refractivity (Wildman–Crippen MR) is 163 cm³/mol. The monoisotopic (exact) mass is 948 g/mol. The van der Waals surface area contributed by atoms with Gasteiger partial charge in [-0.15, -0.1) is 0 Å². The molecule has 0 amide bonds. The fourth-order valence-corrected chi connectivity index (χ4v) is 4.67. The molecule has 0 fully saturated rings. The van der Waals surface area contributed by atoms with E-state index < -0.39 is 29.2 Å². The molecule has 1 N–H and O–H groups in total. The molecule has 0 atom stereocenters.